The summed E-state index contributed by atoms with van der Waals surface area (Å²) in [5.74, 6) is -0.483. The lowest BCUT2D eigenvalue weighted by atomic mass is 9.89. The molecule has 122 valence electrons. The van der Waals surface area contributed by atoms with Crippen molar-refractivity contribution in [3.05, 3.63) is 77.4 Å². The molecule has 4 nitrogen and oxygen atoms in total. The summed E-state index contributed by atoms with van der Waals surface area (Å²) in [6.07, 6.45) is 0.0390. The molecule has 0 fully saturated rings. The first-order valence-electron chi connectivity index (χ1n) is 7.83. The van der Waals surface area contributed by atoms with Crippen molar-refractivity contribution >= 4 is 11.5 Å². The summed E-state index contributed by atoms with van der Waals surface area (Å²) < 4.78 is 5.21. The van der Waals surface area contributed by atoms with Crippen molar-refractivity contribution in [3.63, 3.8) is 0 Å². The largest absolute Gasteiger partial charge is 0.463 e. The number of esters is 1. The summed E-state index contributed by atoms with van der Waals surface area (Å²) in [4.78, 5) is 12.6. The number of rotatable bonds is 6. The van der Waals surface area contributed by atoms with Crippen LogP contribution in [0.15, 0.2) is 66.2 Å². The molecule has 0 aliphatic heterocycles. The zero-order valence-electron chi connectivity index (χ0n) is 13.6. The van der Waals surface area contributed by atoms with E-state index in [1.165, 1.54) is 0 Å². The van der Waals surface area contributed by atoms with Crippen LogP contribution in [0.3, 0.4) is 0 Å². The molecule has 0 aromatic heterocycles. The molecule has 0 amide bonds. The van der Waals surface area contributed by atoms with E-state index in [0.717, 1.165) is 11.1 Å². The Balaban J connectivity index is 2.73. The van der Waals surface area contributed by atoms with E-state index in [1.54, 1.807) is 6.92 Å². The van der Waals surface area contributed by atoms with Gasteiger partial charge in [0.25, 0.3) is 0 Å². The van der Waals surface area contributed by atoms with E-state index >= 15 is 0 Å². The molecular weight excluding hydrogens is 300 g/mol. The maximum Gasteiger partial charge on any atom is 0.336 e. The normalized spacial score (nSPS) is 11.2. The highest BCUT2D eigenvalue weighted by Gasteiger charge is 2.25. The summed E-state index contributed by atoms with van der Waals surface area (Å²) in [5.41, 5.74) is 8.91. The van der Waals surface area contributed by atoms with Gasteiger partial charge in [-0.1, -0.05) is 60.7 Å². The second kappa shape index (κ2) is 8.66. The molecule has 1 unspecified atom stereocenters. The maximum atomic E-state index is 12.6. The Morgan fingerprint density at radius 2 is 1.58 bits per heavy atom. The van der Waals surface area contributed by atoms with Gasteiger partial charge in [-0.05, 0) is 18.1 Å². The minimum atomic E-state index is -0.718. The van der Waals surface area contributed by atoms with E-state index in [2.05, 4.69) is 0 Å². The van der Waals surface area contributed by atoms with Gasteiger partial charge in [0.15, 0.2) is 0 Å². The van der Waals surface area contributed by atoms with Crippen LogP contribution in [0.2, 0.25) is 0 Å². The first kappa shape index (κ1) is 17.5. The lowest BCUT2D eigenvalue weighted by Gasteiger charge is -2.19. The molecule has 24 heavy (non-hydrogen) atoms. The standard InChI is InChI=1S/C20H20N2O2/c1-2-24-20(23)19(17(22)13-14-21)18(15-9-5-3-6-10-15)16-11-7-4-8-12-16/h3-12,17H,2,13,22H2,1H3. The number of nitrogens with two attached hydrogens (primary N) is 1. The second-order valence-electron chi connectivity index (χ2n) is 5.21. The Morgan fingerprint density at radius 3 is 2.00 bits per heavy atom. The van der Waals surface area contributed by atoms with Crippen molar-refractivity contribution in [3.8, 4) is 6.07 Å². The Bertz CT molecular complexity index is 705. The van der Waals surface area contributed by atoms with Gasteiger partial charge in [-0.2, -0.15) is 5.26 Å². The molecule has 2 rings (SSSR count). The van der Waals surface area contributed by atoms with E-state index in [4.69, 9.17) is 15.7 Å². The molecule has 2 aromatic rings. The Morgan fingerprint density at radius 1 is 1.08 bits per heavy atom. The van der Waals surface area contributed by atoms with Gasteiger partial charge < -0.3 is 10.5 Å². The van der Waals surface area contributed by atoms with Crippen molar-refractivity contribution in [1.29, 1.82) is 5.26 Å². The highest BCUT2D eigenvalue weighted by atomic mass is 16.5. The molecule has 2 N–H and O–H groups in total. The van der Waals surface area contributed by atoms with Gasteiger partial charge in [-0.15, -0.1) is 0 Å². The van der Waals surface area contributed by atoms with Crippen LogP contribution in [0.5, 0.6) is 0 Å². The minimum Gasteiger partial charge on any atom is -0.463 e. The summed E-state index contributed by atoms with van der Waals surface area (Å²) >= 11 is 0. The Hall–Kier alpha value is -2.90. The van der Waals surface area contributed by atoms with E-state index < -0.39 is 12.0 Å². The average Bonchev–Trinajstić information content (AvgIpc) is 2.61. The van der Waals surface area contributed by atoms with Crippen LogP contribution >= 0.6 is 0 Å². The van der Waals surface area contributed by atoms with Gasteiger partial charge in [-0.3, -0.25) is 0 Å². The molecule has 0 saturated heterocycles. The number of carbonyl (C=O) groups excluding carboxylic acids is 1. The third-order valence-electron chi connectivity index (χ3n) is 3.57. The third-order valence-corrected chi connectivity index (χ3v) is 3.57. The quantitative estimate of drug-likeness (QED) is 0.654. The van der Waals surface area contributed by atoms with Crippen LogP contribution in [-0.4, -0.2) is 18.6 Å². The van der Waals surface area contributed by atoms with Gasteiger partial charge in [-0.25, -0.2) is 4.79 Å². The minimum absolute atomic E-state index is 0.0390. The zero-order chi connectivity index (χ0) is 17.4. The third kappa shape index (κ3) is 4.09. The number of carbonyl (C=O) groups is 1. The number of hydrogen-bond donors (Lipinski definition) is 1. The van der Waals surface area contributed by atoms with Gasteiger partial charge in [0, 0.05) is 5.57 Å². The van der Waals surface area contributed by atoms with Crippen LogP contribution in [0.1, 0.15) is 24.5 Å². The molecule has 0 bridgehead atoms. The number of hydrogen-bond acceptors (Lipinski definition) is 4. The van der Waals surface area contributed by atoms with Crippen LogP contribution in [-0.2, 0) is 9.53 Å². The first-order valence-corrected chi connectivity index (χ1v) is 7.83. The summed E-state index contributed by atoms with van der Waals surface area (Å²) in [5, 5.41) is 9.02. The molecule has 0 heterocycles. The number of ether oxygens (including phenoxy) is 1. The van der Waals surface area contributed by atoms with Gasteiger partial charge >= 0.3 is 5.97 Å². The fourth-order valence-corrected chi connectivity index (χ4v) is 2.54. The zero-order valence-corrected chi connectivity index (χ0v) is 13.6. The van der Waals surface area contributed by atoms with Crippen LogP contribution in [0.4, 0.5) is 0 Å². The molecule has 4 heteroatoms. The van der Waals surface area contributed by atoms with E-state index in [-0.39, 0.29) is 13.0 Å². The first-order chi connectivity index (χ1) is 11.7. The predicted molar refractivity (Wildman–Crippen MR) is 93.7 cm³/mol. The highest BCUT2D eigenvalue weighted by molar-refractivity contribution is 6.03. The molecule has 2 aromatic carbocycles. The fourth-order valence-electron chi connectivity index (χ4n) is 2.54. The van der Waals surface area contributed by atoms with Gasteiger partial charge in [0.2, 0.25) is 0 Å². The second-order valence-corrected chi connectivity index (χ2v) is 5.21. The topological polar surface area (TPSA) is 76.1 Å². The molecular formula is C20H20N2O2. The van der Waals surface area contributed by atoms with Crippen molar-refractivity contribution in [2.45, 2.75) is 19.4 Å². The van der Waals surface area contributed by atoms with E-state index in [0.29, 0.717) is 11.1 Å². The van der Waals surface area contributed by atoms with Crippen molar-refractivity contribution in [2.24, 2.45) is 5.73 Å². The summed E-state index contributed by atoms with van der Waals surface area (Å²) in [7, 11) is 0. The van der Waals surface area contributed by atoms with Gasteiger partial charge in [0.1, 0.15) is 0 Å². The fraction of sp³-hybridized carbons (Fsp3) is 0.200. The van der Waals surface area contributed by atoms with Crippen molar-refractivity contribution in [1.82, 2.24) is 0 Å². The highest BCUT2D eigenvalue weighted by Crippen LogP contribution is 2.29. The number of nitriles is 1. The molecule has 0 saturated carbocycles. The van der Waals surface area contributed by atoms with Gasteiger partial charge in [0.05, 0.1) is 30.7 Å². The number of nitrogens with zero attached hydrogens (tertiary/aromatic N) is 1. The van der Waals surface area contributed by atoms with E-state index in [9.17, 15) is 4.79 Å². The van der Waals surface area contributed by atoms with Crippen molar-refractivity contribution in [2.75, 3.05) is 6.61 Å². The van der Waals surface area contributed by atoms with Crippen LogP contribution < -0.4 is 5.73 Å². The van der Waals surface area contributed by atoms with E-state index in [1.807, 2.05) is 66.7 Å². The SMILES string of the molecule is CCOC(=O)C(=C(c1ccccc1)c1ccccc1)C(N)CC#N. The maximum absolute atomic E-state index is 12.6. The molecule has 0 spiro atoms. The van der Waals surface area contributed by atoms with Crippen LogP contribution in [0, 0.1) is 11.3 Å². The molecule has 1 atom stereocenters. The number of benzene rings is 2. The Labute approximate surface area is 142 Å². The van der Waals surface area contributed by atoms with Crippen molar-refractivity contribution < 1.29 is 9.53 Å². The summed E-state index contributed by atoms with van der Waals surface area (Å²) in [6.45, 7) is 1.99. The predicted octanol–water partition coefficient (Wildman–Crippen LogP) is 3.29. The lowest BCUT2D eigenvalue weighted by molar-refractivity contribution is -0.138. The lowest BCUT2D eigenvalue weighted by Crippen LogP contribution is -2.29. The monoisotopic (exact) mass is 320 g/mol. The molecule has 0 aliphatic rings. The van der Waals surface area contributed by atoms with Crippen LogP contribution in [0.25, 0.3) is 5.57 Å². The average molecular weight is 320 g/mol. The molecule has 0 aliphatic carbocycles. The smallest absolute Gasteiger partial charge is 0.336 e. The summed E-state index contributed by atoms with van der Waals surface area (Å²) in [6, 6.07) is 20.4. The Kier molecular flexibility index (Phi) is 6.30. The molecule has 0 radical (unpaired) electrons.